The number of rotatable bonds is 7. The minimum atomic E-state index is -0.658. The van der Waals surface area contributed by atoms with Crippen LogP contribution in [-0.4, -0.2) is 29.9 Å². The first-order chi connectivity index (χ1) is 10.2. The van der Waals surface area contributed by atoms with Crippen LogP contribution >= 0.6 is 0 Å². The van der Waals surface area contributed by atoms with Crippen molar-refractivity contribution in [3.05, 3.63) is 46.1 Å². The van der Waals surface area contributed by atoms with E-state index in [9.17, 15) is 10.1 Å². The van der Waals surface area contributed by atoms with Crippen molar-refractivity contribution in [2.24, 2.45) is 0 Å². The van der Waals surface area contributed by atoms with Gasteiger partial charge in [-0.1, -0.05) is 18.2 Å². The van der Waals surface area contributed by atoms with Crippen LogP contribution < -0.4 is 4.84 Å². The second-order valence-electron chi connectivity index (χ2n) is 4.44. The van der Waals surface area contributed by atoms with Crippen molar-refractivity contribution in [1.82, 2.24) is 4.73 Å². The highest BCUT2D eigenvalue weighted by Crippen LogP contribution is 2.28. The summed E-state index contributed by atoms with van der Waals surface area (Å²) in [6.45, 7) is -0.0379. The number of nitrogens with zero attached hydrogens (tertiary/aromatic N) is 2. The van der Waals surface area contributed by atoms with Crippen molar-refractivity contribution in [1.29, 1.82) is 0 Å². The highest BCUT2D eigenvalue weighted by Gasteiger charge is 2.23. The van der Waals surface area contributed by atoms with E-state index in [0.717, 1.165) is 16.5 Å². The van der Waals surface area contributed by atoms with Crippen LogP contribution in [0.2, 0.25) is 0 Å². The van der Waals surface area contributed by atoms with Gasteiger partial charge in [-0.15, -0.1) is 12.3 Å². The summed E-state index contributed by atoms with van der Waals surface area (Å²) in [5.41, 5.74) is 1.56. The Kier molecular flexibility index (Phi) is 4.80. The van der Waals surface area contributed by atoms with E-state index in [1.165, 1.54) is 7.11 Å². The van der Waals surface area contributed by atoms with E-state index >= 15 is 0 Å². The Morgan fingerprint density at radius 3 is 2.90 bits per heavy atom. The molecule has 110 valence electrons. The minimum Gasteiger partial charge on any atom is -0.417 e. The summed E-state index contributed by atoms with van der Waals surface area (Å²) >= 11 is 0. The third kappa shape index (κ3) is 3.33. The van der Waals surface area contributed by atoms with E-state index < -0.39 is 6.10 Å². The summed E-state index contributed by atoms with van der Waals surface area (Å²) < 4.78 is 7.16. The summed E-state index contributed by atoms with van der Waals surface area (Å²) in [4.78, 5) is 15.7. The number of benzene rings is 1. The minimum absolute atomic E-state index is 0.279. The molecule has 1 atom stereocenters. The molecule has 0 aliphatic carbocycles. The first-order valence-electron chi connectivity index (χ1n) is 6.48. The zero-order valence-corrected chi connectivity index (χ0v) is 11.7. The van der Waals surface area contributed by atoms with Crippen LogP contribution in [0, 0.1) is 22.5 Å². The molecule has 2 aromatic rings. The molecular weight excluding hydrogens is 272 g/mol. The summed E-state index contributed by atoms with van der Waals surface area (Å²) in [5.74, 6) is 2.46. The Balaban J connectivity index is 2.39. The number of hydrogen-bond donors (Lipinski definition) is 0. The lowest BCUT2D eigenvalue weighted by Gasteiger charge is -2.12. The number of fused-ring (bicyclic) bond motifs is 1. The zero-order chi connectivity index (χ0) is 15.2. The number of ether oxygens (including phenoxy) is 1. The number of terminal acetylenes is 1. The van der Waals surface area contributed by atoms with Crippen molar-refractivity contribution in [2.75, 3.05) is 20.3 Å². The lowest BCUT2D eigenvalue weighted by Crippen LogP contribution is -2.16. The van der Waals surface area contributed by atoms with E-state index in [4.69, 9.17) is 16.0 Å². The first kappa shape index (κ1) is 14.9. The molecule has 0 spiro atoms. The third-order valence-electron chi connectivity index (χ3n) is 3.13. The van der Waals surface area contributed by atoms with Crippen molar-refractivity contribution in [3.8, 4) is 12.3 Å². The highest BCUT2D eigenvalue weighted by atomic mass is 16.6. The summed E-state index contributed by atoms with van der Waals surface area (Å²) in [6.07, 6.45) is 6.66. The molecule has 1 aromatic heterocycles. The van der Waals surface area contributed by atoms with Gasteiger partial charge in [0.15, 0.2) is 0 Å². The van der Waals surface area contributed by atoms with Gasteiger partial charge in [0.2, 0.25) is 6.54 Å². The molecule has 1 heterocycles. The zero-order valence-electron chi connectivity index (χ0n) is 11.7. The predicted octanol–water partition coefficient (Wildman–Crippen LogP) is 2.06. The normalized spacial score (nSPS) is 12.0. The molecule has 0 saturated carbocycles. The standard InChI is InChI=1S/C15H16N2O4/c1-3-4-9-21-15(11-17(18)19)13-10-16(20-2)14-8-6-5-7-12(13)14/h1,5-8,10,15H,4,9,11H2,2H3. The van der Waals surface area contributed by atoms with E-state index in [0.29, 0.717) is 6.42 Å². The van der Waals surface area contributed by atoms with E-state index in [2.05, 4.69) is 5.92 Å². The molecule has 6 nitrogen and oxygen atoms in total. The van der Waals surface area contributed by atoms with Gasteiger partial charge in [-0.3, -0.25) is 10.1 Å². The molecule has 0 saturated heterocycles. The molecule has 21 heavy (non-hydrogen) atoms. The fourth-order valence-electron chi connectivity index (χ4n) is 2.22. The van der Waals surface area contributed by atoms with Gasteiger partial charge >= 0.3 is 0 Å². The van der Waals surface area contributed by atoms with Gasteiger partial charge in [-0.25, -0.2) is 0 Å². The van der Waals surface area contributed by atoms with Crippen molar-refractivity contribution in [3.63, 3.8) is 0 Å². The highest BCUT2D eigenvalue weighted by molar-refractivity contribution is 5.84. The third-order valence-corrected chi connectivity index (χ3v) is 3.13. The molecule has 0 aliphatic rings. The Morgan fingerprint density at radius 2 is 2.24 bits per heavy atom. The molecule has 0 aliphatic heterocycles. The first-order valence-corrected chi connectivity index (χ1v) is 6.48. The monoisotopic (exact) mass is 288 g/mol. The molecule has 0 N–H and O–H groups in total. The number of para-hydroxylation sites is 1. The molecule has 6 heteroatoms. The molecule has 1 unspecified atom stereocenters. The molecule has 2 rings (SSSR count). The van der Waals surface area contributed by atoms with E-state index in [1.807, 2.05) is 24.3 Å². The van der Waals surface area contributed by atoms with Gasteiger partial charge in [-0.05, 0) is 6.07 Å². The van der Waals surface area contributed by atoms with Crippen LogP contribution in [-0.2, 0) is 4.74 Å². The fraction of sp³-hybridized carbons (Fsp3) is 0.333. The maximum absolute atomic E-state index is 10.9. The van der Waals surface area contributed by atoms with Crippen LogP contribution in [0.5, 0.6) is 0 Å². The Labute approximate surface area is 122 Å². The second kappa shape index (κ2) is 6.77. The number of aromatic nitrogens is 1. The van der Waals surface area contributed by atoms with Gasteiger partial charge in [0.1, 0.15) is 13.2 Å². The Morgan fingerprint density at radius 1 is 1.48 bits per heavy atom. The quantitative estimate of drug-likeness (QED) is 0.338. The molecule has 0 bridgehead atoms. The second-order valence-corrected chi connectivity index (χ2v) is 4.44. The van der Waals surface area contributed by atoms with Crippen LogP contribution in [0.1, 0.15) is 18.1 Å². The molecular formula is C15H16N2O4. The lowest BCUT2D eigenvalue weighted by atomic mass is 10.1. The Bertz CT molecular complexity index is 672. The molecule has 0 amide bonds. The molecule has 0 radical (unpaired) electrons. The van der Waals surface area contributed by atoms with Crippen molar-refractivity contribution < 1.29 is 14.5 Å². The number of hydrogen-bond acceptors (Lipinski definition) is 4. The summed E-state index contributed by atoms with van der Waals surface area (Å²) in [7, 11) is 1.54. The predicted molar refractivity (Wildman–Crippen MR) is 78.4 cm³/mol. The smallest absolute Gasteiger partial charge is 0.233 e. The number of nitro groups is 1. The van der Waals surface area contributed by atoms with E-state index in [-0.39, 0.29) is 18.1 Å². The topological polar surface area (TPSA) is 66.5 Å². The molecule has 1 aromatic carbocycles. The summed E-state index contributed by atoms with van der Waals surface area (Å²) in [6, 6.07) is 7.52. The van der Waals surface area contributed by atoms with Crippen LogP contribution in [0.25, 0.3) is 10.9 Å². The van der Waals surface area contributed by atoms with Gasteiger partial charge in [0.05, 0.1) is 18.3 Å². The Hall–Kier alpha value is -2.52. The van der Waals surface area contributed by atoms with E-state index in [1.54, 1.807) is 10.9 Å². The van der Waals surface area contributed by atoms with Crippen LogP contribution in [0.4, 0.5) is 0 Å². The van der Waals surface area contributed by atoms with Crippen molar-refractivity contribution >= 4 is 10.9 Å². The lowest BCUT2D eigenvalue weighted by molar-refractivity contribution is -0.492. The molecule has 0 fully saturated rings. The van der Waals surface area contributed by atoms with Crippen LogP contribution in [0.3, 0.4) is 0 Å². The fourth-order valence-corrected chi connectivity index (χ4v) is 2.22. The maximum atomic E-state index is 10.9. The maximum Gasteiger partial charge on any atom is 0.233 e. The average Bonchev–Trinajstić information content (AvgIpc) is 2.85. The van der Waals surface area contributed by atoms with Gasteiger partial charge in [-0.2, -0.15) is 4.73 Å². The van der Waals surface area contributed by atoms with Gasteiger partial charge in [0.25, 0.3) is 0 Å². The SMILES string of the molecule is C#CCCOC(C[N+](=O)[O-])c1cn(OC)c2ccccc12. The van der Waals surface area contributed by atoms with Crippen molar-refractivity contribution in [2.45, 2.75) is 12.5 Å². The average molecular weight is 288 g/mol. The van der Waals surface area contributed by atoms with Crippen LogP contribution in [0.15, 0.2) is 30.5 Å². The summed E-state index contributed by atoms with van der Waals surface area (Å²) in [5, 5.41) is 11.7. The van der Waals surface area contributed by atoms with Gasteiger partial charge < -0.3 is 9.57 Å². The van der Waals surface area contributed by atoms with Gasteiger partial charge in [0, 0.05) is 22.3 Å². The largest absolute Gasteiger partial charge is 0.417 e.